The zero-order valence-electron chi connectivity index (χ0n) is 13.7. The van der Waals surface area contributed by atoms with Crippen molar-refractivity contribution in [2.75, 3.05) is 5.32 Å². The highest BCUT2D eigenvalue weighted by Crippen LogP contribution is 2.22. The van der Waals surface area contributed by atoms with Gasteiger partial charge in [0.25, 0.3) is 5.91 Å². The molecule has 2 rings (SSSR count). The van der Waals surface area contributed by atoms with Gasteiger partial charge < -0.3 is 10.1 Å². The molecule has 0 spiro atoms. The van der Waals surface area contributed by atoms with Crippen molar-refractivity contribution < 1.29 is 14.3 Å². The van der Waals surface area contributed by atoms with Crippen molar-refractivity contribution in [3.05, 3.63) is 64.6 Å². The first-order chi connectivity index (χ1) is 11.5. The summed E-state index contributed by atoms with van der Waals surface area (Å²) in [6.07, 6.45) is -0.247. The normalized spacial score (nSPS) is 13.0. The summed E-state index contributed by atoms with van der Waals surface area (Å²) in [6.45, 7) is 3.50. The van der Waals surface area contributed by atoms with Crippen molar-refractivity contribution >= 4 is 33.5 Å². The van der Waals surface area contributed by atoms with Gasteiger partial charge in [-0.25, -0.2) is 0 Å². The van der Waals surface area contributed by atoms with Gasteiger partial charge in [0, 0.05) is 10.2 Å². The molecule has 0 aliphatic carbocycles. The van der Waals surface area contributed by atoms with Crippen LogP contribution in [0.15, 0.2) is 59.1 Å². The second-order valence-corrected chi connectivity index (χ2v) is 6.36. The van der Waals surface area contributed by atoms with Crippen LogP contribution in [0.1, 0.15) is 31.7 Å². The number of halogens is 1. The predicted molar refractivity (Wildman–Crippen MR) is 97.8 cm³/mol. The van der Waals surface area contributed by atoms with Crippen LogP contribution in [-0.4, -0.2) is 18.0 Å². The predicted octanol–water partition coefficient (Wildman–Crippen LogP) is 4.51. The molecule has 0 saturated carbocycles. The zero-order valence-corrected chi connectivity index (χ0v) is 15.2. The Hall–Kier alpha value is -2.14. The lowest BCUT2D eigenvalue weighted by Crippen LogP contribution is -2.31. The first-order valence-electron chi connectivity index (χ1n) is 7.83. The summed E-state index contributed by atoms with van der Waals surface area (Å²) in [5, 5.41) is 2.73. The number of amides is 1. The smallest absolute Gasteiger partial charge is 0.314 e. The van der Waals surface area contributed by atoms with E-state index in [1.54, 1.807) is 19.1 Å². The van der Waals surface area contributed by atoms with Crippen LogP contribution < -0.4 is 5.32 Å². The molecular formula is C19H20BrNO3. The average Bonchev–Trinajstić information content (AvgIpc) is 2.58. The maximum atomic E-state index is 12.4. The quantitative estimate of drug-likeness (QED) is 0.739. The average molecular weight is 390 g/mol. The summed E-state index contributed by atoms with van der Waals surface area (Å²) >= 11 is 3.34. The summed E-state index contributed by atoms with van der Waals surface area (Å²) in [4.78, 5) is 24.6. The number of hydrogen-bond donors (Lipinski definition) is 1. The molecule has 2 aromatic rings. The maximum Gasteiger partial charge on any atom is 0.314 e. The molecule has 4 nitrogen and oxygen atoms in total. The fourth-order valence-corrected chi connectivity index (χ4v) is 2.58. The van der Waals surface area contributed by atoms with Gasteiger partial charge in [-0.3, -0.25) is 9.59 Å². The SMILES string of the molecule is CC[C@H](C(=O)O[C@H](C)C(=O)Nc1ccc(Br)cc1)c1ccccc1. The summed E-state index contributed by atoms with van der Waals surface area (Å²) in [7, 11) is 0. The summed E-state index contributed by atoms with van der Waals surface area (Å²) in [5.41, 5.74) is 1.55. The van der Waals surface area contributed by atoms with Crippen molar-refractivity contribution in [1.29, 1.82) is 0 Å². The van der Waals surface area contributed by atoms with Gasteiger partial charge in [0.2, 0.25) is 0 Å². The van der Waals surface area contributed by atoms with Gasteiger partial charge in [-0.2, -0.15) is 0 Å². The van der Waals surface area contributed by atoms with E-state index < -0.39 is 6.10 Å². The second kappa shape index (κ2) is 8.64. The fourth-order valence-electron chi connectivity index (χ4n) is 2.31. The Balaban J connectivity index is 1.97. The van der Waals surface area contributed by atoms with E-state index in [9.17, 15) is 9.59 Å². The monoisotopic (exact) mass is 389 g/mol. The van der Waals surface area contributed by atoms with E-state index in [4.69, 9.17) is 4.74 Å². The van der Waals surface area contributed by atoms with Crippen LogP contribution in [0.2, 0.25) is 0 Å². The van der Waals surface area contributed by atoms with Crippen molar-refractivity contribution in [3.8, 4) is 0 Å². The van der Waals surface area contributed by atoms with Gasteiger partial charge in [0.1, 0.15) is 0 Å². The van der Waals surface area contributed by atoms with Gasteiger partial charge in [-0.15, -0.1) is 0 Å². The molecule has 0 aromatic heterocycles. The summed E-state index contributed by atoms with van der Waals surface area (Å²) < 4.78 is 6.28. The minimum absolute atomic E-state index is 0.353. The van der Waals surface area contributed by atoms with Crippen molar-refractivity contribution in [2.45, 2.75) is 32.3 Å². The largest absolute Gasteiger partial charge is 0.452 e. The van der Waals surface area contributed by atoms with Gasteiger partial charge in [-0.05, 0) is 43.2 Å². The Labute approximate surface area is 150 Å². The molecular weight excluding hydrogens is 370 g/mol. The van der Waals surface area contributed by atoms with Gasteiger partial charge in [-0.1, -0.05) is 53.2 Å². The molecule has 5 heteroatoms. The molecule has 2 aromatic carbocycles. The van der Waals surface area contributed by atoms with Crippen molar-refractivity contribution in [3.63, 3.8) is 0 Å². The second-order valence-electron chi connectivity index (χ2n) is 5.45. The lowest BCUT2D eigenvalue weighted by molar-refractivity contribution is -0.154. The minimum atomic E-state index is -0.862. The topological polar surface area (TPSA) is 55.4 Å². The number of ether oxygens (including phenoxy) is 1. The van der Waals surface area contributed by atoms with Crippen LogP contribution in [-0.2, 0) is 14.3 Å². The summed E-state index contributed by atoms with van der Waals surface area (Å²) in [6, 6.07) is 16.7. The Morgan fingerprint density at radius 1 is 1.08 bits per heavy atom. The third kappa shape index (κ3) is 4.93. The number of hydrogen-bond acceptors (Lipinski definition) is 3. The molecule has 0 unspecified atom stereocenters. The Morgan fingerprint density at radius 2 is 1.71 bits per heavy atom. The number of nitrogens with one attached hydrogen (secondary N) is 1. The van der Waals surface area contributed by atoms with Crippen molar-refractivity contribution in [1.82, 2.24) is 0 Å². The lowest BCUT2D eigenvalue weighted by atomic mass is 9.97. The highest BCUT2D eigenvalue weighted by Gasteiger charge is 2.25. The molecule has 24 heavy (non-hydrogen) atoms. The van der Waals surface area contributed by atoms with E-state index in [-0.39, 0.29) is 17.8 Å². The minimum Gasteiger partial charge on any atom is -0.452 e. The Kier molecular flexibility index (Phi) is 6.55. The number of esters is 1. The van der Waals surface area contributed by atoms with Crippen LogP contribution >= 0.6 is 15.9 Å². The zero-order chi connectivity index (χ0) is 17.5. The van der Waals surface area contributed by atoms with Crippen LogP contribution in [0, 0.1) is 0 Å². The molecule has 0 saturated heterocycles. The fraction of sp³-hybridized carbons (Fsp3) is 0.263. The van der Waals surface area contributed by atoms with Gasteiger partial charge in [0.15, 0.2) is 6.10 Å². The third-order valence-electron chi connectivity index (χ3n) is 3.67. The lowest BCUT2D eigenvalue weighted by Gasteiger charge is -2.18. The highest BCUT2D eigenvalue weighted by atomic mass is 79.9. The van der Waals surface area contributed by atoms with E-state index in [0.29, 0.717) is 12.1 Å². The van der Waals surface area contributed by atoms with Crippen LogP contribution in [0.4, 0.5) is 5.69 Å². The first kappa shape index (κ1) is 18.2. The third-order valence-corrected chi connectivity index (χ3v) is 4.20. The van der Waals surface area contributed by atoms with Gasteiger partial charge >= 0.3 is 5.97 Å². The maximum absolute atomic E-state index is 12.4. The van der Waals surface area contributed by atoms with E-state index >= 15 is 0 Å². The Bertz CT molecular complexity index is 686. The number of rotatable bonds is 6. The first-order valence-corrected chi connectivity index (χ1v) is 8.62. The van der Waals surface area contributed by atoms with E-state index in [2.05, 4.69) is 21.2 Å². The van der Waals surface area contributed by atoms with Crippen LogP contribution in [0.25, 0.3) is 0 Å². The molecule has 1 N–H and O–H groups in total. The van der Waals surface area contributed by atoms with Gasteiger partial charge in [0.05, 0.1) is 5.92 Å². The molecule has 0 aliphatic rings. The molecule has 0 radical (unpaired) electrons. The molecule has 0 fully saturated rings. The molecule has 2 atom stereocenters. The number of anilines is 1. The molecule has 0 bridgehead atoms. The van der Waals surface area contributed by atoms with E-state index in [1.165, 1.54) is 0 Å². The highest BCUT2D eigenvalue weighted by molar-refractivity contribution is 9.10. The summed E-state index contributed by atoms with van der Waals surface area (Å²) in [5.74, 6) is -1.11. The van der Waals surface area contributed by atoms with E-state index in [0.717, 1.165) is 10.0 Å². The van der Waals surface area contributed by atoms with Crippen LogP contribution in [0.3, 0.4) is 0 Å². The van der Waals surface area contributed by atoms with E-state index in [1.807, 2.05) is 49.4 Å². The molecule has 0 heterocycles. The number of carbonyl (C=O) groups is 2. The molecule has 126 valence electrons. The van der Waals surface area contributed by atoms with Crippen LogP contribution in [0.5, 0.6) is 0 Å². The van der Waals surface area contributed by atoms with Crippen molar-refractivity contribution in [2.24, 2.45) is 0 Å². The molecule has 0 aliphatic heterocycles. The molecule has 1 amide bonds. The standard InChI is InChI=1S/C19H20BrNO3/c1-3-17(14-7-5-4-6-8-14)19(23)24-13(2)18(22)21-16-11-9-15(20)10-12-16/h4-13,17H,3H2,1-2H3,(H,21,22)/t13-,17+/m1/s1. The number of benzene rings is 2. The number of carbonyl (C=O) groups excluding carboxylic acids is 2. The Morgan fingerprint density at radius 3 is 2.29 bits per heavy atom.